The highest BCUT2D eigenvalue weighted by atomic mass is 35.5. The highest BCUT2D eigenvalue weighted by Crippen LogP contribution is 2.35. The standard InChI is InChI=1S/C18H24ClNO3/c1-17(2,3)23-16(22)20-10-8-18(13-21,9-11-20)12-14-6-4-5-7-15(14)19/h4-7,13H,8-12H2,1-3H3. The number of halogens is 1. The van der Waals surface area contributed by atoms with Crippen LogP contribution in [0.1, 0.15) is 39.2 Å². The Balaban J connectivity index is 2.01. The number of carbonyl (C=O) groups is 2. The molecule has 1 heterocycles. The van der Waals surface area contributed by atoms with Crippen LogP contribution in [0.25, 0.3) is 0 Å². The maximum atomic E-state index is 12.1. The van der Waals surface area contributed by atoms with Crippen LogP contribution in [-0.4, -0.2) is 36.0 Å². The minimum Gasteiger partial charge on any atom is -0.444 e. The molecule has 0 bridgehead atoms. The molecule has 126 valence electrons. The first-order valence-electron chi connectivity index (χ1n) is 7.92. The molecule has 0 spiro atoms. The fourth-order valence-corrected chi connectivity index (χ4v) is 3.02. The summed E-state index contributed by atoms with van der Waals surface area (Å²) in [7, 11) is 0. The van der Waals surface area contributed by atoms with Crippen LogP contribution in [0.3, 0.4) is 0 Å². The van der Waals surface area contributed by atoms with Gasteiger partial charge in [0.2, 0.25) is 0 Å². The molecule has 4 nitrogen and oxygen atoms in total. The molecule has 1 aromatic carbocycles. The lowest BCUT2D eigenvalue weighted by atomic mass is 9.75. The number of carbonyl (C=O) groups excluding carboxylic acids is 2. The molecule has 2 rings (SSSR count). The van der Waals surface area contributed by atoms with Gasteiger partial charge in [-0.15, -0.1) is 0 Å². The van der Waals surface area contributed by atoms with Crippen molar-refractivity contribution in [3.05, 3.63) is 34.9 Å². The second-order valence-electron chi connectivity index (χ2n) is 7.22. The molecule has 0 N–H and O–H groups in total. The van der Waals surface area contributed by atoms with Gasteiger partial charge in [0.25, 0.3) is 0 Å². The van der Waals surface area contributed by atoms with Crippen molar-refractivity contribution in [2.45, 2.75) is 45.6 Å². The first-order valence-corrected chi connectivity index (χ1v) is 8.30. The monoisotopic (exact) mass is 337 g/mol. The highest BCUT2D eigenvalue weighted by Gasteiger charge is 2.37. The van der Waals surface area contributed by atoms with E-state index < -0.39 is 11.0 Å². The van der Waals surface area contributed by atoms with E-state index in [1.807, 2.05) is 45.0 Å². The number of hydrogen-bond donors (Lipinski definition) is 0. The van der Waals surface area contributed by atoms with Gasteiger partial charge in [0.05, 0.1) is 0 Å². The summed E-state index contributed by atoms with van der Waals surface area (Å²) < 4.78 is 5.39. The summed E-state index contributed by atoms with van der Waals surface area (Å²) in [6.45, 7) is 6.60. The Kier molecular flexibility index (Phi) is 5.35. The molecule has 1 fully saturated rings. The molecule has 0 aliphatic carbocycles. The van der Waals surface area contributed by atoms with E-state index in [-0.39, 0.29) is 6.09 Å². The van der Waals surface area contributed by atoms with Crippen LogP contribution >= 0.6 is 11.6 Å². The van der Waals surface area contributed by atoms with Crippen LogP contribution < -0.4 is 0 Å². The van der Waals surface area contributed by atoms with Crippen LogP contribution in [0.4, 0.5) is 4.79 Å². The smallest absolute Gasteiger partial charge is 0.410 e. The van der Waals surface area contributed by atoms with Gasteiger partial charge in [-0.25, -0.2) is 4.79 Å². The van der Waals surface area contributed by atoms with Crippen LogP contribution in [0.5, 0.6) is 0 Å². The normalized spacial score (nSPS) is 17.7. The Labute approximate surface area is 142 Å². The maximum absolute atomic E-state index is 12.1. The van der Waals surface area contributed by atoms with Crippen molar-refractivity contribution in [3.63, 3.8) is 0 Å². The Hall–Kier alpha value is -1.55. The molecular weight excluding hydrogens is 314 g/mol. The predicted molar refractivity (Wildman–Crippen MR) is 90.7 cm³/mol. The second kappa shape index (κ2) is 6.91. The summed E-state index contributed by atoms with van der Waals surface area (Å²) in [6.07, 6.45) is 2.58. The van der Waals surface area contributed by atoms with Crippen molar-refractivity contribution in [1.29, 1.82) is 0 Å². The summed E-state index contributed by atoms with van der Waals surface area (Å²) in [4.78, 5) is 25.5. The van der Waals surface area contributed by atoms with Crippen LogP contribution in [0, 0.1) is 5.41 Å². The average molecular weight is 338 g/mol. The molecule has 1 saturated heterocycles. The summed E-state index contributed by atoms with van der Waals surface area (Å²) in [6, 6.07) is 7.60. The molecule has 0 unspecified atom stereocenters. The van der Waals surface area contributed by atoms with E-state index in [4.69, 9.17) is 16.3 Å². The van der Waals surface area contributed by atoms with Crippen molar-refractivity contribution in [2.24, 2.45) is 5.41 Å². The highest BCUT2D eigenvalue weighted by molar-refractivity contribution is 6.31. The first-order chi connectivity index (χ1) is 10.7. The van der Waals surface area contributed by atoms with E-state index in [1.54, 1.807) is 4.90 Å². The lowest BCUT2D eigenvalue weighted by Gasteiger charge is -2.38. The number of piperidine rings is 1. The van der Waals surface area contributed by atoms with Crippen molar-refractivity contribution >= 4 is 24.0 Å². The van der Waals surface area contributed by atoms with Crippen molar-refractivity contribution in [1.82, 2.24) is 4.90 Å². The Morgan fingerprint density at radius 1 is 1.30 bits per heavy atom. The molecule has 0 radical (unpaired) electrons. The van der Waals surface area contributed by atoms with Gasteiger partial charge in [0.1, 0.15) is 11.9 Å². The van der Waals surface area contributed by atoms with Crippen molar-refractivity contribution in [2.75, 3.05) is 13.1 Å². The zero-order chi connectivity index (χ0) is 17.1. The van der Waals surface area contributed by atoms with Gasteiger partial charge in [-0.1, -0.05) is 29.8 Å². The maximum Gasteiger partial charge on any atom is 0.410 e. The van der Waals surface area contributed by atoms with E-state index in [0.29, 0.717) is 37.4 Å². The number of amides is 1. The minimum atomic E-state index is -0.506. The third-order valence-corrected chi connectivity index (χ3v) is 4.53. The quantitative estimate of drug-likeness (QED) is 0.780. The number of rotatable bonds is 3. The third kappa shape index (κ3) is 4.71. The number of ether oxygens (including phenoxy) is 1. The Morgan fingerprint density at radius 2 is 1.91 bits per heavy atom. The van der Waals surface area contributed by atoms with Gasteiger partial charge < -0.3 is 14.4 Å². The number of benzene rings is 1. The largest absolute Gasteiger partial charge is 0.444 e. The minimum absolute atomic E-state index is 0.310. The second-order valence-corrected chi connectivity index (χ2v) is 7.62. The molecule has 1 aliphatic heterocycles. The van der Waals surface area contributed by atoms with E-state index >= 15 is 0 Å². The first kappa shape index (κ1) is 17.8. The van der Waals surface area contributed by atoms with Crippen LogP contribution in [0.2, 0.25) is 5.02 Å². The fourth-order valence-electron chi connectivity index (χ4n) is 2.82. The summed E-state index contributed by atoms with van der Waals surface area (Å²) in [5, 5.41) is 0.684. The van der Waals surface area contributed by atoms with Crippen molar-refractivity contribution in [3.8, 4) is 0 Å². The van der Waals surface area contributed by atoms with E-state index in [2.05, 4.69) is 0 Å². The van der Waals surface area contributed by atoms with Gasteiger partial charge in [-0.05, 0) is 51.7 Å². The van der Waals surface area contributed by atoms with E-state index in [1.165, 1.54) is 0 Å². The number of aldehydes is 1. The predicted octanol–water partition coefficient (Wildman–Crippen LogP) is 4.10. The topological polar surface area (TPSA) is 46.6 Å². The zero-order valence-electron chi connectivity index (χ0n) is 14.0. The fraction of sp³-hybridized carbons (Fsp3) is 0.556. The summed E-state index contributed by atoms with van der Waals surface area (Å²) >= 11 is 6.21. The molecule has 1 aliphatic rings. The molecule has 0 atom stereocenters. The molecule has 1 aromatic rings. The number of nitrogens with zero attached hydrogens (tertiary/aromatic N) is 1. The van der Waals surface area contributed by atoms with Gasteiger partial charge in [-0.2, -0.15) is 0 Å². The number of likely N-dealkylation sites (tertiary alicyclic amines) is 1. The average Bonchev–Trinajstić information content (AvgIpc) is 2.48. The van der Waals surface area contributed by atoms with Gasteiger partial charge in [-0.3, -0.25) is 0 Å². The van der Waals surface area contributed by atoms with E-state index in [0.717, 1.165) is 11.8 Å². The molecule has 23 heavy (non-hydrogen) atoms. The van der Waals surface area contributed by atoms with Gasteiger partial charge >= 0.3 is 6.09 Å². The molecular formula is C18H24ClNO3. The SMILES string of the molecule is CC(C)(C)OC(=O)N1CCC(C=O)(Cc2ccccc2Cl)CC1. The summed E-state index contributed by atoms with van der Waals surface area (Å²) in [5.74, 6) is 0. The summed E-state index contributed by atoms with van der Waals surface area (Å²) in [5.41, 5.74) is 0.0177. The van der Waals surface area contributed by atoms with Gasteiger partial charge in [0.15, 0.2) is 0 Å². The van der Waals surface area contributed by atoms with E-state index in [9.17, 15) is 9.59 Å². The molecule has 0 aromatic heterocycles. The Bertz CT molecular complexity index is 572. The lowest BCUT2D eigenvalue weighted by Crippen LogP contribution is -2.46. The van der Waals surface area contributed by atoms with Crippen LogP contribution in [-0.2, 0) is 16.0 Å². The lowest BCUT2D eigenvalue weighted by molar-refractivity contribution is -0.118. The zero-order valence-corrected chi connectivity index (χ0v) is 14.7. The van der Waals surface area contributed by atoms with Crippen molar-refractivity contribution < 1.29 is 14.3 Å². The molecule has 5 heteroatoms. The van der Waals surface area contributed by atoms with Gasteiger partial charge in [0, 0.05) is 23.5 Å². The molecule has 1 amide bonds. The molecule has 0 saturated carbocycles. The Morgan fingerprint density at radius 3 is 2.43 bits per heavy atom. The third-order valence-electron chi connectivity index (χ3n) is 4.16. The van der Waals surface area contributed by atoms with Crippen LogP contribution in [0.15, 0.2) is 24.3 Å². The number of hydrogen-bond acceptors (Lipinski definition) is 3.